The lowest BCUT2D eigenvalue weighted by molar-refractivity contribution is -0.939. The number of nitrogens with zero attached hydrogens (tertiary/aromatic N) is 4. The SMILES string of the molecule is S=c1n(C[NH+]2CCc3ccccc3C2)nc(N2CCOCC2)n1Cc1ccccc1. The summed E-state index contributed by atoms with van der Waals surface area (Å²) in [6.45, 7) is 6.84. The monoisotopic (exact) mass is 422 g/mol. The van der Waals surface area contributed by atoms with Gasteiger partial charge in [-0.25, -0.2) is 0 Å². The molecule has 1 aromatic heterocycles. The molecular formula is C23H28N5OS+. The molecule has 0 bridgehead atoms. The Labute approximate surface area is 182 Å². The third kappa shape index (κ3) is 4.05. The van der Waals surface area contributed by atoms with E-state index < -0.39 is 0 Å². The minimum Gasteiger partial charge on any atom is -0.378 e. The summed E-state index contributed by atoms with van der Waals surface area (Å²) >= 11 is 5.92. The van der Waals surface area contributed by atoms with Crippen LogP contribution < -0.4 is 9.80 Å². The Morgan fingerprint density at radius 2 is 1.70 bits per heavy atom. The van der Waals surface area contributed by atoms with Crippen molar-refractivity contribution in [1.29, 1.82) is 0 Å². The van der Waals surface area contributed by atoms with Crippen molar-refractivity contribution >= 4 is 18.2 Å². The molecule has 7 heteroatoms. The topological polar surface area (TPSA) is 39.7 Å². The van der Waals surface area contributed by atoms with Crippen LogP contribution in [0.25, 0.3) is 0 Å². The number of rotatable bonds is 5. The molecule has 156 valence electrons. The van der Waals surface area contributed by atoms with Gasteiger partial charge in [0.05, 0.1) is 26.3 Å². The van der Waals surface area contributed by atoms with Crippen molar-refractivity contribution < 1.29 is 9.64 Å². The number of ether oxygens (including phenoxy) is 1. The summed E-state index contributed by atoms with van der Waals surface area (Å²) in [4.78, 5) is 3.81. The number of benzene rings is 2. The van der Waals surface area contributed by atoms with E-state index in [0.29, 0.717) is 0 Å². The maximum absolute atomic E-state index is 5.92. The van der Waals surface area contributed by atoms with Crippen molar-refractivity contribution in [2.24, 2.45) is 0 Å². The lowest BCUT2D eigenvalue weighted by atomic mass is 10.0. The number of hydrogen-bond acceptors (Lipinski definition) is 4. The second kappa shape index (κ2) is 8.71. The molecule has 0 amide bonds. The lowest BCUT2D eigenvalue weighted by Crippen LogP contribution is -3.11. The zero-order chi connectivity index (χ0) is 20.3. The van der Waals surface area contributed by atoms with Crippen LogP contribution in [0.4, 0.5) is 5.95 Å². The molecule has 0 aliphatic carbocycles. The maximum Gasteiger partial charge on any atom is 0.226 e. The number of hydrogen-bond donors (Lipinski definition) is 1. The van der Waals surface area contributed by atoms with Crippen LogP contribution in [0.2, 0.25) is 0 Å². The fourth-order valence-corrected chi connectivity index (χ4v) is 4.68. The van der Waals surface area contributed by atoms with Gasteiger partial charge >= 0.3 is 0 Å². The molecule has 3 heterocycles. The van der Waals surface area contributed by atoms with Crippen LogP contribution in [0.15, 0.2) is 54.6 Å². The van der Waals surface area contributed by atoms with Crippen LogP contribution in [0.5, 0.6) is 0 Å². The highest BCUT2D eigenvalue weighted by atomic mass is 32.1. The van der Waals surface area contributed by atoms with E-state index >= 15 is 0 Å². The van der Waals surface area contributed by atoms with Gasteiger partial charge in [-0.2, -0.15) is 4.68 Å². The predicted molar refractivity (Wildman–Crippen MR) is 119 cm³/mol. The molecule has 2 aliphatic rings. The van der Waals surface area contributed by atoms with Crippen LogP contribution in [0.1, 0.15) is 16.7 Å². The van der Waals surface area contributed by atoms with E-state index in [4.69, 9.17) is 22.1 Å². The summed E-state index contributed by atoms with van der Waals surface area (Å²) in [5, 5.41) is 5.00. The molecular weight excluding hydrogens is 394 g/mol. The standard InChI is InChI=1S/C23H27N5OS/c30-23-27(16-19-6-2-1-3-7-19)22(26-12-14-29-15-13-26)24-28(23)18-25-11-10-20-8-4-5-9-21(20)17-25/h1-9H,10-18H2/p+1. The average Bonchev–Trinajstić information content (AvgIpc) is 3.10. The van der Waals surface area contributed by atoms with Crippen LogP contribution in [0.3, 0.4) is 0 Å². The molecule has 5 rings (SSSR count). The number of nitrogens with one attached hydrogen (secondary N) is 1. The average molecular weight is 423 g/mol. The van der Waals surface area contributed by atoms with Gasteiger partial charge < -0.3 is 14.5 Å². The molecule has 1 unspecified atom stereocenters. The lowest BCUT2D eigenvalue weighted by Gasteiger charge is -2.27. The highest BCUT2D eigenvalue weighted by Crippen LogP contribution is 2.17. The second-order valence-electron chi connectivity index (χ2n) is 8.11. The van der Waals surface area contributed by atoms with E-state index in [9.17, 15) is 0 Å². The number of fused-ring (bicyclic) bond motifs is 1. The predicted octanol–water partition coefficient (Wildman–Crippen LogP) is 1.90. The molecule has 1 N–H and O–H groups in total. The third-order valence-corrected chi connectivity index (χ3v) is 6.49. The first kappa shape index (κ1) is 19.5. The van der Waals surface area contributed by atoms with Crippen molar-refractivity contribution in [3.8, 4) is 0 Å². The Bertz CT molecular complexity index is 1050. The van der Waals surface area contributed by atoms with E-state index in [1.165, 1.54) is 21.6 Å². The summed E-state index contributed by atoms with van der Waals surface area (Å²) in [5.41, 5.74) is 4.16. The highest BCUT2D eigenvalue weighted by molar-refractivity contribution is 7.71. The molecule has 1 saturated heterocycles. The van der Waals surface area contributed by atoms with Crippen LogP contribution in [-0.2, 0) is 30.9 Å². The van der Waals surface area contributed by atoms with Crippen molar-refractivity contribution in [3.63, 3.8) is 0 Å². The number of morpholine rings is 1. The maximum atomic E-state index is 5.92. The fraction of sp³-hybridized carbons (Fsp3) is 0.391. The van der Waals surface area contributed by atoms with Gasteiger partial charge in [0.1, 0.15) is 6.54 Å². The van der Waals surface area contributed by atoms with Crippen LogP contribution in [0, 0.1) is 4.77 Å². The third-order valence-electron chi connectivity index (χ3n) is 6.06. The van der Waals surface area contributed by atoms with Gasteiger partial charge in [-0.15, -0.1) is 5.10 Å². The number of aromatic nitrogens is 3. The van der Waals surface area contributed by atoms with Crippen molar-refractivity contribution in [1.82, 2.24) is 14.3 Å². The zero-order valence-electron chi connectivity index (χ0n) is 17.2. The fourth-order valence-electron chi connectivity index (χ4n) is 4.42. The summed E-state index contributed by atoms with van der Waals surface area (Å²) in [6.07, 6.45) is 1.11. The molecule has 0 saturated carbocycles. The summed E-state index contributed by atoms with van der Waals surface area (Å²) in [7, 11) is 0. The van der Waals surface area contributed by atoms with Gasteiger partial charge in [0.25, 0.3) is 0 Å². The van der Waals surface area contributed by atoms with Gasteiger partial charge in [0, 0.05) is 25.1 Å². The molecule has 0 spiro atoms. The minimum atomic E-state index is 0.735. The zero-order valence-corrected chi connectivity index (χ0v) is 18.0. The first-order valence-corrected chi connectivity index (χ1v) is 11.1. The molecule has 6 nitrogen and oxygen atoms in total. The highest BCUT2D eigenvalue weighted by Gasteiger charge is 2.24. The molecule has 2 aliphatic heterocycles. The summed E-state index contributed by atoms with van der Waals surface area (Å²) in [5.74, 6) is 0.962. The number of quaternary nitrogens is 1. The van der Waals surface area contributed by atoms with Crippen molar-refractivity contribution in [2.45, 2.75) is 26.2 Å². The smallest absolute Gasteiger partial charge is 0.226 e. The van der Waals surface area contributed by atoms with E-state index in [1.54, 1.807) is 0 Å². The van der Waals surface area contributed by atoms with Crippen LogP contribution in [-0.4, -0.2) is 47.2 Å². The van der Waals surface area contributed by atoms with Crippen molar-refractivity contribution in [2.75, 3.05) is 37.7 Å². The van der Waals surface area contributed by atoms with E-state index in [2.05, 4.69) is 58.0 Å². The molecule has 0 radical (unpaired) electrons. The first-order chi connectivity index (χ1) is 14.8. The van der Waals surface area contributed by atoms with Gasteiger partial charge in [-0.1, -0.05) is 54.6 Å². The Balaban J connectivity index is 1.43. The second-order valence-corrected chi connectivity index (χ2v) is 8.47. The Hall–Kier alpha value is -2.48. The van der Waals surface area contributed by atoms with Gasteiger partial charge in [-0.3, -0.25) is 4.57 Å². The van der Waals surface area contributed by atoms with Crippen molar-refractivity contribution in [3.05, 3.63) is 76.1 Å². The molecule has 2 aromatic carbocycles. The quantitative estimate of drug-likeness (QED) is 0.638. The molecule has 30 heavy (non-hydrogen) atoms. The summed E-state index contributed by atoms with van der Waals surface area (Å²) < 4.78 is 10.6. The largest absolute Gasteiger partial charge is 0.378 e. The van der Waals surface area contributed by atoms with E-state index in [-0.39, 0.29) is 0 Å². The molecule has 1 atom stereocenters. The Kier molecular flexibility index (Phi) is 5.66. The molecule has 3 aromatic rings. The van der Waals surface area contributed by atoms with Gasteiger partial charge in [0.2, 0.25) is 10.7 Å². The Morgan fingerprint density at radius 1 is 0.967 bits per heavy atom. The van der Waals surface area contributed by atoms with E-state index in [1.807, 2.05) is 10.7 Å². The van der Waals surface area contributed by atoms with Gasteiger partial charge in [0.15, 0.2) is 6.67 Å². The van der Waals surface area contributed by atoms with Gasteiger partial charge in [-0.05, 0) is 23.3 Å². The van der Waals surface area contributed by atoms with Crippen LogP contribution >= 0.6 is 12.2 Å². The first-order valence-electron chi connectivity index (χ1n) is 10.7. The summed E-state index contributed by atoms with van der Waals surface area (Å²) in [6, 6.07) is 19.3. The normalized spacial score (nSPS) is 18.9. The molecule has 1 fully saturated rings. The minimum absolute atomic E-state index is 0.735. The Morgan fingerprint density at radius 3 is 2.50 bits per heavy atom. The van der Waals surface area contributed by atoms with E-state index in [0.717, 1.165) is 69.7 Å². The number of anilines is 1.